The third-order valence-corrected chi connectivity index (χ3v) is 8.41. The Hall–Kier alpha value is -4.82. The maximum atomic E-state index is 5.34. The number of benzene rings is 5. The standard InChI is InChI=1S/C37H26N2/c1-37(2)30-15-6-4-13-26(30)29-20-19-28-27-14-5-8-17-33(27)39-36(34(28)35(29)37)25-12-9-11-24(22-25)32-21-18-23-10-3-7-16-31(23)38-32/h3-22H,1-2H3. The highest BCUT2D eigenvalue weighted by atomic mass is 14.7. The molecule has 0 radical (unpaired) electrons. The Balaban J connectivity index is 1.43. The summed E-state index contributed by atoms with van der Waals surface area (Å²) in [7, 11) is 0. The monoisotopic (exact) mass is 498 g/mol. The average Bonchev–Trinajstić information content (AvgIpc) is 3.23. The first kappa shape index (κ1) is 22.2. The Morgan fingerprint density at radius 2 is 1.31 bits per heavy atom. The highest BCUT2D eigenvalue weighted by Crippen LogP contribution is 2.53. The van der Waals surface area contributed by atoms with Gasteiger partial charge >= 0.3 is 0 Å². The zero-order chi connectivity index (χ0) is 26.1. The maximum Gasteiger partial charge on any atom is 0.0791 e. The number of hydrogen-bond donors (Lipinski definition) is 0. The van der Waals surface area contributed by atoms with Crippen LogP contribution in [0.1, 0.15) is 25.0 Å². The molecule has 0 fully saturated rings. The van der Waals surface area contributed by atoms with Crippen LogP contribution in [0.3, 0.4) is 0 Å². The van der Waals surface area contributed by atoms with Crippen molar-refractivity contribution in [1.82, 2.24) is 9.97 Å². The third-order valence-electron chi connectivity index (χ3n) is 8.41. The van der Waals surface area contributed by atoms with Gasteiger partial charge in [-0.1, -0.05) is 111 Å². The molecule has 2 aromatic heterocycles. The van der Waals surface area contributed by atoms with Gasteiger partial charge < -0.3 is 0 Å². The highest BCUT2D eigenvalue weighted by molar-refractivity contribution is 6.15. The molecule has 8 rings (SSSR count). The molecule has 0 unspecified atom stereocenters. The summed E-state index contributed by atoms with van der Waals surface area (Å²) in [5, 5.41) is 4.84. The van der Waals surface area contributed by atoms with Crippen LogP contribution in [-0.4, -0.2) is 9.97 Å². The van der Waals surface area contributed by atoms with E-state index in [2.05, 4.69) is 129 Å². The van der Waals surface area contributed by atoms with Gasteiger partial charge in [0.1, 0.15) is 0 Å². The molecule has 0 aliphatic heterocycles. The van der Waals surface area contributed by atoms with E-state index in [1.54, 1.807) is 0 Å². The van der Waals surface area contributed by atoms with Crippen LogP contribution in [0.2, 0.25) is 0 Å². The van der Waals surface area contributed by atoms with E-state index in [0.29, 0.717) is 0 Å². The van der Waals surface area contributed by atoms with Crippen LogP contribution in [0.15, 0.2) is 121 Å². The third kappa shape index (κ3) is 3.21. The molecule has 39 heavy (non-hydrogen) atoms. The molecule has 1 aliphatic carbocycles. The topological polar surface area (TPSA) is 25.8 Å². The fourth-order valence-electron chi connectivity index (χ4n) is 6.58. The molecule has 184 valence electrons. The minimum Gasteiger partial charge on any atom is -0.248 e. The Morgan fingerprint density at radius 3 is 2.23 bits per heavy atom. The fraction of sp³-hybridized carbons (Fsp3) is 0.0811. The SMILES string of the molecule is CC1(C)c2ccccc2-c2ccc3c(c(-c4cccc(-c5ccc6ccccc6n5)c4)nc4ccccc43)c21. The first-order chi connectivity index (χ1) is 19.1. The van der Waals surface area contributed by atoms with E-state index in [-0.39, 0.29) is 5.41 Å². The zero-order valence-corrected chi connectivity index (χ0v) is 21.9. The lowest BCUT2D eigenvalue weighted by Crippen LogP contribution is -2.16. The van der Waals surface area contributed by atoms with E-state index in [9.17, 15) is 0 Å². The molecular formula is C37H26N2. The average molecular weight is 499 g/mol. The molecule has 1 aliphatic rings. The summed E-state index contributed by atoms with van der Waals surface area (Å²) in [6, 6.07) is 43.2. The predicted molar refractivity (Wildman–Crippen MR) is 163 cm³/mol. The Labute approximate surface area is 227 Å². The lowest BCUT2D eigenvalue weighted by Gasteiger charge is -2.25. The minimum absolute atomic E-state index is 0.137. The predicted octanol–water partition coefficient (Wildman–Crippen LogP) is 9.58. The van der Waals surface area contributed by atoms with E-state index in [4.69, 9.17) is 9.97 Å². The van der Waals surface area contributed by atoms with Crippen LogP contribution in [0, 0.1) is 0 Å². The molecule has 0 N–H and O–H groups in total. The molecule has 2 nitrogen and oxygen atoms in total. The molecule has 2 heteroatoms. The number of nitrogens with zero attached hydrogens (tertiary/aromatic N) is 2. The van der Waals surface area contributed by atoms with Crippen molar-refractivity contribution in [2.75, 3.05) is 0 Å². The van der Waals surface area contributed by atoms with Crippen molar-refractivity contribution in [3.8, 4) is 33.6 Å². The quantitative estimate of drug-likeness (QED) is 0.222. The molecule has 0 bridgehead atoms. The number of rotatable bonds is 2. The Kier molecular flexibility index (Phi) is 4.60. The highest BCUT2D eigenvalue weighted by Gasteiger charge is 2.37. The summed E-state index contributed by atoms with van der Waals surface area (Å²) in [5.41, 5.74) is 11.5. The zero-order valence-electron chi connectivity index (χ0n) is 21.9. The van der Waals surface area contributed by atoms with Gasteiger partial charge in [0.2, 0.25) is 0 Å². The van der Waals surface area contributed by atoms with Crippen molar-refractivity contribution in [2.45, 2.75) is 19.3 Å². The molecule has 0 amide bonds. The van der Waals surface area contributed by atoms with Crippen molar-refractivity contribution in [2.24, 2.45) is 0 Å². The second-order valence-corrected chi connectivity index (χ2v) is 11.0. The first-order valence-corrected chi connectivity index (χ1v) is 13.5. The van der Waals surface area contributed by atoms with Crippen LogP contribution in [0.5, 0.6) is 0 Å². The lowest BCUT2D eigenvalue weighted by atomic mass is 9.79. The minimum atomic E-state index is -0.137. The summed E-state index contributed by atoms with van der Waals surface area (Å²) in [5.74, 6) is 0. The van der Waals surface area contributed by atoms with Gasteiger partial charge in [-0.15, -0.1) is 0 Å². The van der Waals surface area contributed by atoms with Gasteiger partial charge in [0.25, 0.3) is 0 Å². The van der Waals surface area contributed by atoms with E-state index in [0.717, 1.165) is 38.9 Å². The molecule has 0 saturated heterocycles. The van der Waals surface area contributed by atoms with Gasteiger partial charge in [0.15, 0.2) is 0 Å². The molecule has 7 aromatic rings. The van der Waals surface area contributed by atoms with Crippen molar-refractivity contribution >= 4 is 32.6 Å². The molecular weight excluding hydrogens is 472 g/mol. The maximum absolute atomic E-state index is 5.34. The van der Waals surface area contributed by atoms with Gasteiger partial charge in [-0.25, -0.2) is 9.97 Å². The smallest absolute Gasteiger partial charge is 0.0791 e. The number of pyridine rings is 2. The van der Waals surface area contributed by atoms with Gasteiger partial charge in [-0.05, 0) is 51.9 Å². The van der Waals surface area contributed by atoms with E-state index >= 15 is 0 Å². The normalized spacial score (nSPS) is 13.6. The molecule has 0 spiro atoms. The number of fused-ring (bicyclic) bond motifs is 8. The summed E-state index contributed by atoms with van der Waals surface area (Å²) in [6.45, 7) is 4.71. The fourth-order valence-corrected chi connectivity index (χ4v) is 6.58. The summed E-state index contributed by atoms with van der Waals surface area (Å²) < 4.78 is 0. The van der Waals surface area contributed by atoms with Gasteiger partial charge in [-0.2, -0.15) is 0 Å². The van der Waals surface area contributed by atoms with Gasteiger partial charge in [0, 0.05) is 32.7 Å². The van der Waals surface area contributed by atoms with Crippen molar-refractivity contribution in [1.29, 1.82) is 0 Å². The van der Waals surface area contributed by atoms with Crippen molar-refractivity contribution in [3.05, 3.63) is 132 Å². The summed E-state index contributed by atoms with van der Waals surface area (Å²) in [4.78, 5) is 10.3. The molecule has 2 heterocycles. The van der Waals surface area contributed by atoms with Crippen LogP contribution < -0.4 is 0 Å². The van der Waals surface area contributed by atoms with E-state index in [1.807, 2.05) is 6.07 Å². The number of aromatic nitrogens is 2. The lowest BCUT2D eigenvalue weighted by molar-refractivity contribution is 0.666. The van der Waals surface area contributed by atoms with Crippen molar-refractivity contribution in [3.63, 3.8) is 0 Å². The van der Waals surface area contributed by atoms with E-state index < -0.39 is 0 Å². The van der Waals surface area contributed by atoms with Gasteiger partial charge in [-0.3, -0.25) is 0 Å². The summed E-state index contributed by atoms with van der Waals surface area (Å²) in [6.07, 6.45) is 0. The van der Waals surface area contributed by atoms with Gasteiger partial charge in [0.05, 0.1) is 22.4 Å². The molecule has 5 aromatic carbocycles. The van der Waals surface area contributed by atoms with Crippen molar-refractivity contribution < 1.29 is 0 Å². The Morgan fingerprint density at radius 1 is 0.538 bits per heavy atom. The van der Waals surface area contributed by atoms with Crippen LogP contribution >= 0.6 is 0 Å². The molecule has 0 saturated carbocycles. The number of hydrogen-bond acceptors (Lipinski definition) is 2. The second kappa shape index (κ2) is 8.09. The van der Waals surface area contributed by atoms with Crippen LogP contribution in [-0.2, 0) is 5.41 Å². The Bertz CT molecular complexity index is 2100. The largest absolute Gasteiger partial charge is 0.248 e. The number of para-hydroxylation sites is 2. The molecule has 0 atom stereocenters. The summed E-state index contributed by atoms with van der Waals surface area (Å²) >= 11 is 0. The second-order valence-electron chi connectivity index (χ2n) is 11.0. The van der Waals surface area contributed by atoms with E-state index in [1.165, 1.54) is 38.4 Å². The van der Waals surface area contributed by atoms with Crippen LogP contribution in [0.4, 0.5) is 0 Å². The first-order valence-electron chi connectivity index (χ1n) is 13.5. The van der Waals surface area contributed by atoms with Crippen LogP contribution in [0.25, 0.3) is 66.2 Å².